The molecule has 0 saturated heterocycles. The highest BCUT2D eigenvalue weighted by molar-refractivity contribution is 5.88. The van der Waals surface area contributed by atoms with Crippen LogP contribution in [0.2, 0.25) is 0 Å². The van der Waals surface area contributed by atoms with Crippen LogP contribution in [0, 0.1) is 18.3 Å². The number of nitriles is 1. The molecule has 0 radical (unpaired) electrons. The van der Waals surface area contributed by atoms with Crippen LogP contribution < -0.4 is 14.8 Å². The summed E-state index contributed by atoms with van der Waals surface area (Å²) in [7, 11) is 3.26. The maximum Gasteiger partial charge on any atom is 0.161 e. The summed E-state index contributed by atoms with van der Waals surface area (Å²) in [5, 5.41) is 13.9. The Balaban J connectivity index is 1.95. The summed E-state index contributed by atoms with van der Waals surface area (Å²) < 4.78 is 11.0. The molecule has 1 unspecified atom stereocenters. The molecule has 0 bridgehead atoms. The van der Waals surface area contributed by atoms with E-state index in [0.717, 1.165) is 33.7 Å². The fourth-order valence-corrected chi connectivity index (χ4v) is 4.26. The number of hydrogen-bond acceptors (Lipinski definition) is 4. The number of ether oxygens (including phenoxy) is 2. The Morgan fingerprint density at radius 1 is 0.812 bits per heavy atom. The first kappa shape index (κ1) is 21.3. The lowest BCUT2D eigenvalue weighted by Crippen LogP contribution is -2.24. The van der Waals surface area contributed by atoms with E-state index in [1.54, 1.807) is 14.2 Å². The Morgan fingerprint density at radius 3 is 2.12 bits per heavy atom. The number of methoxy groups -OCH3 is 2. The van der Waals surface area contributed by atoms with Crippen LogP contribution >= 0.6 is 0 Å². The molecular weight excluding hydrogens is 396 g/mol. The lowest BCUT2D eigenvalue weighted by molar-refractivity contribution is 0.355. The Labute approximate surface area is 189 Å². The third kappa shape index (κ3) is 3.86. The Kier molecular flexibility index (Phi) is 6.00. The molecule has 32 heavy (non-hydrogen) atoms. The van der Waals surface area contributed by atoms with Crippen molar-refractivity contribution in [3.05, 3.63) is 106 Å². The van der Waals surface area contributed by atoms with Crippen molar-refractivity contribution in [2.45, 2.75) is 19.8 Å². The zero-order chi connectivity index (χ0) is 22.7. The van der Waals surface area contributed by atoms with Gasteiger partial charge < -0.3 is 14.8 Å². The molecule has 0 aromatic heterocycles. The van der Waals surface area contributed by atoms with Crippen LogP contribution in [-0.2, 0) is 0 Å². The molecule has 0 spiro atoms. The second kappa shape index (κ2) is 9.03. The minimum atomic E-state index is -0.213. The molecule has 4 rings (SSSR count). The average molecular weight is 423 g/mol. The van der Waals surface area contributed by atoms with Gasteiger partial charge in [-0.25, -0.2) is 0 Å². The van der Waals surface area contributed by atoms with E-state index < -0.39 is 0 Å². The van der Waals surface area contributed by atoms with Crippen LogP contribution in [0.5, 0.6) is 11.5 Å². The number of aryl methyl sites for hydroxylation is 1. The van der Waals surface area contributed by atoms with Gasteiger partial charge in [0.1, 0.15) is 0 Å². The predicted octanol–water partition coefficient (Wildman–Crippen LogP) is 6.07. The molecule has 1 aliphatic rings. The fraction of sp³-hybridized carbons (Fsp3) is 0.179. The van der Waals surface area contributed by atoms with E-state index in [2.05, 4.69) is 49.5 Å². The van der Waals surface area contributed by atoms with E-state index >= 15 is 0 Å². The van der Waals surface area contributed by atoms with E-state index in [9.17, 15) is 5.26 Å². The number of benzene rings is 3. The predicted molar refractivity (Wildman–Crippen MR) is 128 cm³/mol. The SMILES string of the molecule is COc1ccc(C2=C(C)NC(c3ccccc3)=C(C#N)C2c2ccc(C)cc2)cc1OC. The quantitative estimate of drug-likeness (QED) is 0.543. The van der Waals surface area contributed by atoms with Gasteiger partial charge in [-0.15, -0.1) is 0 Å². The summed E-state index contributed by atoms with van der Waals surface area (Å²) >= 11 is 0. The molecule has 0 fully saturated rings. The van der Waals surface area contributed by atoms with Gasteiger partial charge in [0.15, 0.2) is 11.5 Å². The molecule has 0 amide bonds. The Hall–Kier alpha value is -3.97. The topological polar surface area (TPSA) is 54.3 Å². The van der Waals surface area contributed by atoms with Gasteiger partial charge in [0, 0.05) is 11.6 Å². The molecule has 1 N–H and O–H groups in total. The molecule has 4 nitrogen and oxygen atoms in total. The maximum atomic E-state index is 10.3. The van der Waals surface area contributed by atoms with E-state index in [1.807, 2.05) is 48.5 Å². The zero-order valence-electron chi connectivity index (χ0n) is 18.8. The molecule has 0 saturated carbocycles. The van der Waals surface area contributed by atoms with Gasteiger partial charge >= 0.3 is 0 Å². The van der Waals surface area contributed by atoms with Crippen molar-refractivity contribution in [3.8, 4) is 17.6 Å². The van der Waals surface area contributed by atoms with Crippen LogP contribution in [-0.4, -0.2) is 14.2 Å². The zero-order valence-corrected chi connectivity index (χ0v) is 18.8. The van der Waals surface area contributed by atoms with Gasteiger partial charge in [-0.05, 0) is 48.2 Å². The van der Waals surface area contributed by atoms with Gasteiger partial charge in [-0.2, -0.15) is 5.26 Å². The van der Waals surface area contributed by atoms with Gasteiger partial charge in [0.05, 0.1) is 31.6 Å². The smallest absolute Gasteiger partial charge is 0.161 e. The lowest BCUT2D eigenvalue weighted by atomic mass is 9.77. The monoisotopic (exact) mass is 422 g/mol. The Morgan fingerprint density at radius 2 is 1.50 bits per heavy atom. The number of dihydropyridines is 1. The minimum Gasteiger partial charge on any atom is -0.493 e. The van der Waals surface area contributed by atoms with Crippen molar-refractivity contribution in [1.29, 1.82) is 5.26 Å². The lowest BCUT2D eigenvalue weighted by Gasteiger charge is -2.31. The summed E-state index contributed by atoms with van der Waals surface area (Å²) in [4.78, 5) is 0. The highest BCUT2D eigenvalue weighted by Gasteiger charge is 2.32. The highest BCUT2D eigenvalue weighted by Crippen LogP contribution is 2.46. The number of nitrogens with one attached hydrogen (secondary N) is 1. The van der Waals surface area contributed by atoms with Crippen LogP contribution in [0.1, 0.15) is 35.1 Å². The number of rotatable bonds is 5. The van der Waals surface area contributed by atoms with Crippen LogP contribution in [0.15, 0.2) is 84.1 Å². The standard InChI is InChI=1S/C28H26N2O2/c1-18-10-12-20(13-11-18)27-23(17-29)28(21-8-6-5-7-9-21)30-19(2)26(27)22-14-15-24(31-3)25(16-22)32-4/h5-16,27,30H,1-4H3. The minimum absolute atomic E-state index is 0.213. The van der Waals surface area contributed by atoms with Crippen molar-refractivity contribution in [2.24, 2.45) is 0 Å². The first-order chi connectivity index (χ1) is 15.6. The molecule has 3 aromatic rings. The van der Waals surface area contributed by atoms with Gasteiger partial charge in [-0.1, -0.05) is 66.2 Å². The Bertz CT molecular complexity index is 1230. The normalized spacial score (nSPS) is 15.8. The van der Waals surface area contributed by atoms with Gasteiger partial charge in [0.2, 0.25) is 0 Å². The molecular formula is C28H26N2O2. The molecule has 3 aromatic carbocycles. The number of nitrogens with zero attached hydrogens (tertiary/aromatic N) is 1. The summed E-state index contributed by atoms with van der Waals surface area (Å²) in [5.74, 6) is 1.12. The van der Waals surface area contributed by atoms with Crippen LogP contribution in [0.3, 0.4) is 0 Å². The maximum absolute atomic E-state index is 10.3. The van der Waals surface area contributed by atoms with Gasteiger partial charge in [0.25, 0.3) is 0 Å². The molecule has 160 valence electrons. The fourth-order valence-electron chi connectivity index (χ4n) is 4.26. The van der Waals surface area contributed by atoms with E-state index in [1.165, 1.54) is 5.56 Å². The second-order valence-corrected chi connectivity index (χ2v) is 7.84. The van der Waals surface area contributed by atoms with Crippen molar-refractivity contribution >= 4 is 11.3 Å². The van der Waals surface area contributed by atoms with Crippen molar-refractivity contribution < 1.29 is 9.47 Å². The number of hydrogen-bond donors (Lipinski definition) is 1. The average Bonchev–Trinajstić information content (AvgIpc) is 2.84. The first-order valence-electron chi connectivity index (χ1n) is 10.5. The van der Waals surface area contributed by atoms with Crippen molar-refractivity contribution in [1.82, 2.24) is 5.32 Å². The van der Waals surface area contributed by atoms with Crippen LogP contribution in [0.4, 0.5) is 0 Å². The van der Waals surface area contributed by atoms with E-state index in [-0.39, 0.29) is 5.92 Å². The van der Waals surface area contributed by atoms with Crippen molar-refractivity contribution in [3.63, 3.8) is 0 Å². The summed E-state index contributed by atoms with van der Waals surface area (Å²) in [6.45, 7) is 4.13. The molecule has 1 heterocycles. The first-order valence-corrected chi connectivity index (χ1v) is 10.5. The van der Waals surface area contributed by atoms with Crippen LogP contribution in [0.25, 0.3) is 11.3 Å². The van der Waals surface area contributed by atoms with Gasteiger partial charge in [-0.3, -0.25) is 0 Å². The largest absolute Gasteiger partial charge is 0.493 e. The molecule has 1 atom stereocenters. The van der Waals surface area contributed by atoms with E-state index in [4.69, 9.17) is 9.47 Å². The second-order valence-electron chi connectivity index (χ2n) is 7.84. The molecule has 4 heteroatoms. The highest BCUT2D eigenvalue weighted by atomic mass is 16.5. The van der Waals surface area contributed by atoms with Crippen molar-refractivity contribution in [2.75, 3.05) is 14.2 Å². The summed E-state index contributed by atoms with van der Waals surface area (Å²) in [5.41, 5.74) is 7.82. The molecule has 1 aliphatic heterocycles. The third-order valence-corrected chi connectivity index (χ3v) is 5.85. The molecule has 0 aliphatic carbocycles. The summed E-state index contributed by atoms with van der Waals surface area (Å²) in [6.07, 6.45) is 0. The number of allylic oxidation sites excluding steroid dienone is 3. The summed E-state index contributed by atoms with van der Waals surface area (Å²) in [6, 6.07) is 26.8. The third-order valence-electron chi connectivity index (χ3n) is 5.85. The van der Waals surface area contributed by atoms with E-state index in [0.29, 0.717) is 17.1 Å².